The van der Waals surface area contributed by atoms with Gasteiger partial charge in [-0.25, -0.2) is 0 Å². The van der Waals surface area contributed by atoms with E-state index in [0.717, 1.165) is 37.8 Å². The molecule has 0 atom stereocenters. The number of nitrogens with zero attached hydrogens (tertiary/aromatic N) is 1. The summed E-state index contributed by atoms with van der Waals surface area (Å²) in [6.07, 6.45) is -0.0313. The molecular weight excluding hydrogens is 374 g/mol. The molecule has 1 aromatic carbocycles. The van der Waals surface area contributed by atoms with E-state index < -0.39 is 5.97 Å². The molecule has 25 heavy (non-hydrogen) atoms. The van der Waals surface area contributed by atoms with Crippen molar-refractivity contribution in [2.75, 3.05) is 0 Å². The SMILES string of the molecule is Cc1csc2c(-c3ccccc3)c(-c3ccc(Cl)s3)c(CC(=O)O)n12. The Morgan fingerprint density at radius 1 is 1.16 bits per heavy atom. The third kappa shape index (κ3) is 2.78. The molecule has 0 spiro atoms. The van der Waals surface area contributed by atoms with E-state index in [1.54, 1.807) is 11.3 Å². The van der Waals surface area contributed by atoms with Crippen molar-refractivity contribution >= 4 is 45.1 Å². The van der Waals surface area contributed by atoms with Crippen molar-refractivity contribution in [3.8, 4) is 21.6 Å². The van der Waals surface area contributed by atoms with Crippen LogP contribution in [-0.2, 0) is 11.2 Å². The Bertz CT molecular complexity index is 1080. The highest BCUT2D eigenvalue weighted by atomic mass is 35.5. The number of aliphatic carboxylic acids is 1. The number of carboxylic acid groups (broad SMARTS) is 1. The van der Waals surface area contributed by atoms with E-state index in [1.807, 2.05) is 37.3 Å². The summed E-state index contributed by atoms with van der Waals surface area (Å²) in [6, 6.07) is 13.9. The summed E-state index contributed by atoms with van der Waals surface area (Å²) >= 11 is 9.29. The van der Waals surface area contributed by atoms with Crippen molar-refractivity contribution in [2.45, 2.75) is 13.3 Å². The monoisotopic (exact) mass is 387 g/mol. The van der Waals surface area contributed by atoms with Crippen molar-refractivity contribution in [1.29, 1.82) is 0 Å². The number of thiophene rings is 1. The maximum Gasteiger partial charge on any atom is 0.309 e. The molecule has 126 valence electrons. The number of benzene rings is 1. The molecule has 0 aliphatic heterocycles. The van der Waals surface area contributed by atoms with E-state index in [0.29, 0.717) is 4.34 Å². The molecule has 0 unspecified atom stereocenters. The highest BCUT2D eigenvalue weighted by Gasteiger charge is 2.25. The lowest BCUT2D eigenvalue weighted by molar-refractivity contribution is -0.136. The van der Waals surface area contributed by atoms with Crippen molar-refractivity contribution in [3.63, 3.8) is 0 Å². The summed E-state index contributed by atoms with van der Waals surface area (Å²) in [6.45, 7) is 2.01. The Morgan fingerprint density at radius 3 is 2.56 bits per heavy atom. The molecule has 1 N–H and O–H groups in total. The van der Waals surface area contributed by atoms with Crippen LogP contribution in [0.1, 0.15) is 11.4 Å². The first-order valence-electron chi connectivity index (χ1n) is 7.70. The van der Waals surface area contributed by atoms with E-state index in [9.17, 15) is 9.90 Å². The van der Waals surface area contributed by atoms with Gasteiger partial charge < -0.3 is 9.51 Å². The molecule has 0 radical (unpaired) electrons. The standard InChI is InChI=1S/C19H14ClNO2S2/c1-11-10-24-19-17(12-5-3-2-4-6-12)18(14-7-8-15(20)25-14)13(21(11)19)9-16(22)23/h2-8,10H,9H2,1H3,(H,22,23). The van der Waals surface area contributed by atoms with Gasteiger partial charge in [0, 0.05) is 32.8 Å². The molecular formula is C19H14ClNO2S2. The zero-order valence-corrected chi connectivity index (χ0v) is 15.7. The van der Waals surface area contributed by atoms with E-state index in [-0.39, 0.29) is 6.42 Å². The van der Waals surface area contributed by atoms with Crippen LogP contribution in [0.15, 0.2) is 47.8 Å². The molecule has 6 heteroatoms. The Morgan fingerprint density at radius 2 is 1.92 bits per heavy atom. The molecule has 0 aliphatic rings. The molecule has 0 fully saturated rings. The first-order chi connectivity index (χ1) is 12.1. The second-order valence-corrected chi connectivity index (χ2v) is 8.33. The lowest BCUT2D eigenvalue weighted by Crippen LogP contribution is -2.04. The lowest BCUT2D eigenvalue weighted by Gasteiger charge is -2.06. The van der Waals surface area contributed by atoms with E-state index in [2.05, 4.69) is 21.9 Å². The molecule has 3 aromatic heterocycles. The fourth-order valence-electron chi connectivity index (χ4n) is 3.17. The van der Waals surface area contributed by atoms with Crippen LogP contribution in [0.2, 0.25) is 4.34 Å². The first-order valence-corrected chi connectivity index (χ1v) is 9.78. The van der Waals surface area contributed by atoms with Gasteiger partial charge in [-0.05, 0) is 24.6 Å². The Labute approximate surface area is 157 Å². The van der Waals surface area contributed by atoms with Gasteiger partial charge in [-0.15, -0.1) is 22.7 Å². The van der Waals surface area contributed by atoms with Gasteiger partial charge in [0.05, 0.1) is 10.8 Å². The van der Waals surface area contributed by atoms with Crippen LogP contribution in [0.4, 0.5) is 0 Å². The number of fused-ring (bicyclic) bond motifs is 1. The van der Waals surface area contributed by atoms with Crippen LogP contribution in [0.25, 0.3) is 26.4 Å². The molecule has 0 aliphatic carbocycles. The molecule has 0 saturated carbocycles. The van der Waals surface area contributed by atoms with Crippen molar-refractivity contribution in [2.24, 2.45) is 0 Å². The topological polar surface area (TPSA) is 41.7 Å². The van der Waals surface area contributed by atoms with Gasteiger partial charge in [0.1, 0.15) is 4.83 Å². The zero-order chi connectivity index (χ0) is 17.6. The predicted octanol–water partition coefficient (Wildman–Crippen LogP) is 5.99. The van der Waals surface area contributed by atoms with E-state index in [1.165, 1.54) is 11.3 Å². The van der Waals surface area contributed by atoms with E-state index >= 15 is 0 Å². The summed E-state index contributed by atoms with van der Waals surface area (Å²) in [4.78, 5) is 13.6. The zero-order valence-electron chi connectivity index (χ0n) is 13.3. The van der Waals surface area contributed by atoms with E-state index in [4.69, 9.17) is 11.6 Å². The summed E-state index contributed by atoms with van der Waals surface area (Å²) < 4.78 is 2.77. The molecule has 4 aromatic rings. The van der Waals surface area contributed by atoms with Crippen molar-refractivity contribution in [3.05, 3.63) is 63.6 Å². The second-order valence-electron chi connectivity index (χ2n) is 5.75. The molecule has 0 bridgehead atoms. The van der Waals surface area contributed by atoms with Crippen LogP contribution in [0, 0.1) is 6.92 Å². The number of thiazole rings is 1. The third-order valence-corrected chi connectivity index (χ3v) is 6.44. The predicted molar refractivity (Wildman–Crippen MR) is 105 cm³/mol. The number of aromatic nitrogens is 1. The minimum absolute atomic E-state index is 0.0313. The fourth-order valence-corrected chi connectivity index (χ4v) is 5.37. The van der Waals surface area contributed by atoms with Crippen molar-refractivity contribution < 1.29 is 9.90 Å². The van der Waals surface area contributed by atoms with Gasteiger partial charge in [-0.2, -0.15) is 0 Å². The summed E-state index contributed by atoms with van der Waals surface area (Å²) in [7, 11) is 0. The average molecular weight is 388 g/mol. The van der Waals surface area contributed by atoms with Gasteiger partial charge in [0.2, 0.25) is 0 Å². The summed E-state index contributed by atoms with van der Waals surface area (Å²) in [5.74, 6) is -0.839. The quantitative estimate of drug-likeness (QED) is 0.467. The normalized spacial score (nSPS) is 11.3. The summed E-state index contributed by atoms with van der Waals surface area (Å²) in [5.41, 5.74) is 4.98. The lowest BCUT2D eigenvalue weighted by atomic mass is 10.0. The van der Waals surface area contributed by atoms with Gasteiger partial charge >= 0.3 is 5.97 Å². The molecule has 3 nitrogen and oxygen atoms in total. The van der Waals surface area contributed by atoms with Crippen LogP contribution in [-0.4, -0.2) is 15.5 Å². The van der Waals surface area contributed by atoms with Crippen LogP contribution >= 0.6 is 34.3 Å². The van der Waals surface area contributed by atoms with Crippen LogP contribution in [0.5, 0.6) is 0 Å². The molecule has 3 heterocycles. The largest absolute Gasteiger partial charge is 0.481 e. The minimum atomic E-state index is -0.839. The Hall–Kier alpha value is -2.08. The number of hydrogen-bond donors (Lipinski definition) is 1. The minimum Gasteiger partial charge on any atom is -0.481 e. The molecule has 0 saturated heterocycles. The number of rotatable bonds is 4. The van der Waals surface area contributed by atoms with Gasteiger partial charge in [-0.1, -0.05) is 41.9 Å². The maximum absolute atomic E-state index is 11.5. The Kier molecular flexibility index (Phi) is 4.15. The highest BCUT2D eigenvalue weighted by molar-refractivity contribution is 7.19. The fraction of sp³-hybridized carbons (Fsp3) is 0.105. The van der Waals surface area contributed by atoms with Crippen LogP contribution in [0.3, 0.4) is 0 Å². The highest BCUT2D eigenvalue weighted by Crippen LogP contribution is 2.45. The van der Waals surface area contributed by atoms with Gasteiger partial charge in [-0.3, -0.25) is 4.79 Å². The average Bonchev–Trinajstić information content (AvgIpc) is 3.24. The molecule has 4 rings (SSSR count). The summed E-state index contributed by atoms with van der Waals surface area (Å²) in [5, 5.41) is 11.5. The number of halogens is 1. The first kappa shape index (κ1) is 16.4. The number of hydrogen-bond acceptors (Lipinski definition) is 3. The number of aryl methyl sites for hydroxylation is 1. The third-order valence-electron chi connectivity index (χ3n) is 4.12. The van der Waals surface area contributed by atoms with Crippen LogP contribution < -0.4 is 0 Å². The van der Waals surface area contributed by atoms with Gasteiger partial charge in [0.15, 0.2) is 0 Å². The van der Waals surface area contributed by atoms with Gasteiger partial charge in [0.25, 0.3) is 0 Å². The number of carbonyl (C=O) groups is 1. The molecule has 0 amide bonds. The Balaban J connectivity index is 2.13. The van der Waals surface area contributed by atoms with Crippen molar-refractivity contribution in [1.82, 2.24) is 4.40 Å². The number of carboxylic acids is 1. The smallest absolute Gasteiger partial charge is 0.309 e. The maximum atomic E-state index is 11.5. The second kappa shape index (κ2) is 6.33.